The summed E-state index contributed by atoms with van der Waals surface area (Å²) >= 11 is 0. The maximum Gasteiger partial charge on any atom is 0.408 e. The first-order valence-electron chi connectivity index (χ1n) is 13.2. The van der Waals surface area contributed by atoms with E-state index in [1.807, 2.05) is 37.3 Å². The van der Waals surface area contributed by atoms with E-state index in [-0.39, 0.29) is 24.9 Å². The van der Waals surface area contributed by atoms with Gasteiger partial charge in [0.2, 0.25) is 11.8 Å². The van der Waals surface area contributed by atoms with Crippen LogP contribution in [0.1, 0.15) is 77.1 Å². The molecule has 2 unspecified atom stereocenters. The summed E-state index contributed by atoms with van der Waals surface area (Å²) in [5.41, 5.74) is 1.12. The van der Waals surface area contributed by atoms with Crippen molar-refractivity contribution in [2.24, 2.45) is 5.92 Å². The fourth-order valence-electron chi connectivity index (χ4n) is 4.11. The second-order valence-corrected chi connectivity index (χ2v) is 11.1. The molecule has 0 radical (unpaired) electrons. The highest BCUT2D eigenvalue weighted by Gasteiger charge is 2.36. The van der Waals surface area contributed by atoms with E-state index in [4.69, 9.17) is 4.74 Å². The summed E-state index contributed by atoms with van der Waals surface area (Å²) in [5, 5.41) is 16.4. The zero-order chi connectivity index (χ0) is 28.5. The Morgan fingerprint density at radius 1 is 0.947 bits per heavy atom. The molecule has 0 aromatic heterocycles. The van der Waals surface area contributed by atoms with E-state index in [9.17, 15) is 19.5 Å². The molecular formula is C30H43N3O5. The SMILES string of the molecule is Cc1cccc(C(C(=O)NCc2ccccc2)N(C(=O)CNC(=O)OC(C)(C)C)C(C)CCC(C)C)c1O. The van der Waals surface area contributed by atoms with E-state index < -0.39 is 29.6 Å². The molecule has 2 aromatic rings. The molecule has 2 aromatic carbocycles. The fraction of sp³-hybridized carbons (Fsp3) is 0.500. The van der Waals surface area contributed by atoms with Gasteiger partial charge >= 0.3 is 6.09 Å². The summed E-state index contributed by atoms with van der Waals surface area (Å²) in [6.07, 6.45) is 0.761. The molecule has 2 atom stereocenters. The van der Waals surface area contributed by atoms with Crippen molar-refractivity contribution in [2.75, 3.05) is 6.54 Å². The third-order valence-corrected chi connectivity index (χ3v) is 6.11. The number of aromatic hydroxyl groups is 1. The molecule has 2 rings (SSSR count). The molecule has 208 valence electrons. The number of phenols is 1. The summed E-state index contributed by atoms with van der Waals surface area (Å²) in [4.78, 5) is 41.2. The highest BCUT2D eigenvalue weighted by molar-refractivity contribution is 5.91. The topological polar surface area (TPSA) is 108 Å². The zero-order valence-corrected chi connectivity index (χ0v) is 23.7. The van der Waals surface area contributed by atoms with Crippen molar-refractivity contribution < 1.29 is 24.2 Å². The van der Waals surface area contributed by atoms with Crippen LogP contribution in [-0.4, -0.2) is 46.1 Å². The number of carbonyl (C=O) groups excluding carboxylic acids is 3. The van der Waals surface area contributed by atoms with Crippen LogP contribution in [0.2, 0.25) is 0 Å². The summed E-state index contributed by atoms with van der Waals surface area (Å²) in [5.74, 6) is -0.516. The number of amides is 3. The van der Waals surface area contributed by atoms with Crippen molar-refractivity contribution >= 4 is 17.9 Å². The van der Waals surface area contributed by atoms with Gasteiger partial charge in [-0.25, -0.2) is 4.79 Å². The Balaban J connectivity index is 2.44. The van der Waals surface area contributed by atoms with E-state index in [1.54, 1.807) is 45.9 Å². The van der Waals surface area contributed by atoms with Gasteiger partial charge in [-0.15, -0.1) is 0 Å². The van der Waals surface area contributed by atoms with Crippen LogP contribution in [0.5, 0.6) is 5.75 Å². The van der Waals surface area contributed by atoms with Crippen LogP contribution >= 0.6 is 0 Å². The van der Waals surface area contributed by atoms with Crippen LogP contribution in [0.25, 0.3) is 0 Å². The van der Waals surface area contributed by atoms with Crippen molar-refractivity contribution in [1.82, 2.24) is 15.5 Å². The Labute approximate surface area is 226 Å². The van der Waals surface area contributed by atoms with Gasteiger partial charge in [0, 0.05) is 18.2 Å². The fourth-order valence-corrected chi connectivity index (χ4v) is 4.11. The minimum Gasteiger partial charge on any atom is -0.507 e. The molecule has 0 spiro atoms. The third-order valence-electron chi connectivity index (χ3n) is 6.11. The lowest BCUT2D eigenvalue weighted by Gasteiger charge is -2.37. The Morgan fingerprint density at radius 3 is 2.21 bits per heavy atom. The Morgan fingerprint density at radius 2 is 1.61 bits per heavy atom. The lowest BCUT2D eigenvalue weighted by molar-refractivity contribution is -0.143. The first kappa shape index (κ1) is 30.7. The minimum absolute atomic E-state index is 0.0404. The lowest BCUT2D eigenvalue weighted by atomic mass is 9.96. The molecule has 0 aliphatic rings. The van der Waals surface area contributed by atoms with Crippen molar-refractivity contribution in [3.05, 3.63) is 65.2 Å². The lowest BCUT2D eigenvalue weighted by Crippen LogP contribution is -2.51. The maximum atomic E-state index is 13.8. The number of para-hydroxylation sites is 1. The van der Waals surface area contributed by atoms with Gasteiger partial charge in [0.15, 0.2) is 0 Å². The number of nitrogens with one attached hydrogen (secondary N) is 2. The Hall–Kier alpha value is -3.55. The van der Waals surface area contributed by atoms with Gasteiger partial charge in [0.1, 0.15) is 23.9 Å². The van der Waals surface area contributed by atoms with E-state index in [2.05, 4.69) is 24.5 Å². The van der Waals surface area contributed by atoms with Crippen molar-refractivity contribution in [3.8, 4) is 5.75 Å². The molecule has 8 heteroatoms. The number of benzene rings is 2. The summed E-state index contributed by atoms with van der Waals surface area (Å²) < 4.78 is 5.28. The average molecular weight is 526 g/mol. The highest BCUT2D eigenvalue weighted by Crippen LogP contribution is 2.34. The predicted octanol–water partition coefficient (Wildman–Crippen LogP) is 5.24. The van der Waals surface area contributed by atoms with Gasteiger partial charge < -0.3 is 25.4 Å². The predicted molar refractivity (Wildman–Crippen MR) is 148 cm³/mol. The molecule has 3 N–H and O–H groups in total. The number of phenolic OH excluding ortho intramolecular Hbond substituents is 1. The molecule has 0 aliphatic heterocycles. The summed E-state index contributed by atoms with van der Waals surface area (Å²) in [7, 11) is 0. The average Bonchev–Trinajstić information content (AvgIpc) is 2.84. The Bertz CT molecular complexity index is 1080. The number of nitrogens with zero attached hydrogens (tertiary/aromatic N) is 1. The van der Waals surface area contributed by atoms with Crippen LogP contribution in [0, 0.1) is 12.8 Å². The molecule has 0 aliphatic carbocycles. The number of hydrogen-bond donors (Lipinski definition) is 3. The second-order valence-electron chi connectivity index (χ2n) is 11.1. The third kappa shape index (κ3) is 9.39. The molecular weight excluding hydrogens is 482 g/mol. The van der Waals surface area contributed by atoms with E-state index in [1.165, 1.54) is 4.90 Å². The zero-order valence-electron chi connectivity index (χ0n) is 23.7. The molecule has 8 nitrogen and oxygen atoms in total. The largest absolute Gasteiger partial charge is 0.507 e. The molecule has 0 saturated carbocycles. The highest BCUT2D eigenvalue weighted by atomic mass is 16.6. The number of aryl methyl sites for hydroxylation is 1. The molecule has 0 fully saturated rings. The summed E-state index contributed by atoms with van der Waals surface area (Å²) in [6.45, 7) is 13.0. The number of carbonyl (C=O) groups is 3. The van der Waals surface area contributed by atoms with Crippen LogP contribution in [-0.2, 0) is 20.9 Å². The first-order chi connectivity index (χ1) is 17.8. The molecule has 3 amide bonds. The Kier molecular flexibility index (Phi) is 11.2. The quantitative estimate of drug-likeness (QED) is 0.372. The van der Waals surface area contributed by atoms with Crippen LogP contribution in [0.3, 0.4) is 0 Å². The standard InChI is InChI=1S/C30H43N3O5/c1-20(2)16-17-22(4)33(25(34)19-32-29(37)38-30(5,6)7)26(24-15-11-12-21(3)27(24)35)28(36)31-18-23-13-9-8-10-14-23/h8-15,20,22,26,35H,16-19H2,1-7H3,(H,31,36)(H,32,37). The van der Waals surface area contributed by atoms with Gasteiger partial charge in [-0.3, -0.25) is 9.59 Å². The normalized spacial score (nSPS) is 12.9. The summed E-state index contributed by atoms with van der Waals surface area (Å²) in [6, 6.07) is 13.2. The van der Waals surface area contributed by atoms with Crippen molar-refractivity contribution in [3.63, 3.8) is 0 Å². The number of ether oxygens (including phenoxy) is 1. The number of alkyl carbamates (subject to hydrolysis) is 1. The molecule has 0 saturated heterocycles. The van der Waals surface area contributed by atoms with Gasteiger partial charge in [-0.1, -0.05) is 62.4 Å². The van der Waals surface area contributed by atoms with Crippen LogP contribution in [0.15, 0.2) is 48.5 Å². The second kappa shape index (κ2) is 13.8. The molecule has 0 heterocycles. The van der Waals surface area contributed by atoms with Crippen LogP contribution in [0.4, 0.5) is 4.79 Å². The van der Waals surface area contributed by atoms with Gasteiger partial charge in [-0.2, -0.15) is 0 Å². The van der Waals surface area contributed by atoms with Crippen molar-refractivity contribution in [1.29, 1.82) is 0 Å². The monoisotopic (exact) mass is 525 g/mol. The molecule has 38 heavy (non-hydrogen) atoms. The van der Waals surface area contributed by atoms with E-state index >= 15 is 0 Å². The van der Waals surface area contributed by atoms with E-state index in [0.717, 1.165) is 12.0 Å². The van der Waals surface area contributed by atoms with Crippen molar-refractivity contribution in [2.45, 2.75) is 85.5 Å². The van der Waals surface area contributed by atoms with Crippen LogP contribution < -0.4 is 10.6 Å². The molecule has 0 bridgehead atoms. The van der Waals surface area contributed by atoms with E-state index in [0.29, 0.717) is 23.5 Å². The smallest absolute Gasteiger partial charge is 0.408 e. The van der Waals surface area contributed by atoms with Gasteiger partial charge in [-0.05, 0) is 64.5 Å². The maximum absolute atomic E-state index is 13.8. The number of rotatable bonds is 11. The first-order valence-corrected chi connectivity index (χ1v) is 13.2. The number of hydrogen-bond acceptors (Lipinski definition) is 5. The van der Waals surface area contributed by atoms with Gasteiger partial charge in [0.05, 0.1) is 0 Å². The minimum atomic E-state index is -1.10. The van der Waals surface area contributed by atoms with Gasteiger partial charge in [0.25, 0.3) is 0 Å².